The van der Waals surface area contributed by atoms with Crippen molar-refractivity contribution in [3.63, 3.8) is 0 Å². The fourth-order valence-electron chi connectivity index (χ4n) is 9.72. The maximum absolute atomic E-state index is 5.23. The predicted molar refractivity (Wildman–Crippen MR) is 253 cm³/mol. The normalized spacial score (nSPS) is 12.1. The summed E-state index contributed by atoms with van der Waals surface area (Å²) in [6.45, 7) is 0. The van der Waals surface area contributed by atoms with Crippen LogP contribution in [0.15, 0.2) is 194 Å². The molecule has 0 unspecified atom stereocenters. The molecule has 11 aromatic carbocycles. The zero-order chi connectivity index (χ0) is 38.6. The number of fused-ring (bicyclic) bond motifs is 5. The molecule has 0 atom stereocenters. The van der Waals surface area contributed by atoms with Crippen molar-refractivity contribution in [2.45, 2.75) is 0 Å². The minimum Gasteiger partial charge on any atom is -0.228 e. The summed E-state index contributed by atoms with van der Waals surface area (Å²) >= 11 is 1.83. The minimum atomic E-state index is 0.719. The third kappa shape index (κ3) is 4.92. The van der Waals surface area contributed by atoms with Gasteiger partial charge in [0.25, 0.3) is 0 Å². The van der Waals surface area contributed by atoms with Crippen LogP contribution < -0.4 is 0 Å². The molecule has 0 N–H and O–H groups in total. The van der Waals surface area contributed by atoms with Crippen molar-refractivity contribution < 1.29 is 0 Å². The van der Waals surface area contributed by atoms with Crippen LogP contribution in [0.25, 0.3) is 130 Å². The van der Waals surface area contributed by atoms with Gasteiger partial charge in [-0.25, -0.2) is 9.97 Å². The second-order valence-electron chi connectivity index (χ2n) is 15.6. The van der Waals surface area contributed by atoms with Crippen LogP contribution in [0.2, 0.25) is 0 Å². The van der Waals surface area contributed by atoms with E-state index >= 15 is 0 Å². The zero-order valence-electron chi connectivity index (χ0n) is 31.8. The lowest BCUT2D eigenvalue weighted by Gasteiger charge is -2.17. The molecule has 0 saturated heterocycles. The monoisotopic (exact) mass is 764 g/mol. The van der Waals surface area contributed by atoms with Crippen molar-refractivity contribution in [3.8, 4) is 45.0 Å². The first-order valence-electron chi connectivity index (χ1n) is 20.1. The molecule has 0 aliphatic carbocycles. The first-order valence-corrected chi connectivity index (χ1v) is 21.0. The summed E-state index contributed by atoms with van der Waals surface area (Å²) in [5.74, 6) is 0.719. The van der Waals surface area contributed by atoms with Crippen LogP contribution in [0.5, 0.6) is 0 Å². The van der Waals surface area contributed by atoms with Gasteiger partial charge in [0.15, 0.2) is 5.82 Å². The highest BCUT2D eigenvalue weighted by Gasteiger charge is 2.18. The van der Waals surface area contributed by atoms with E-state index in [9.17, 15) is 0 Å². The maximum atomic E-state index is 5.23. The Hall–Kier alpha value is -7.46. The Morgan fingerprint density at radius 3 is 1.54 bits per heavy atom. The van der Waals surface area contributed by atoms with Gasteiger partial charge in [0.1, 0.15) is 0 Å². The smallest absolute Gasteiger partial charge is 0.160 e. The largest absolute Gasteiger partial charge is 0.228 e. The average molecular weight is 765 g/mol. The fraction of sp³-hybridized carbons (Fsp3) is 0. The van der Waals surface area contributed by atoms with Crippen LogP contribution >= 0.6 is 11.3 Å². The Kier molecular flexibility index (Phi) is 6.92. The Bertz CT molecular complexity index is 3820. The molecule has 2 aromatic heterocycles. The van der Waals surface area contributed by atoms with E-state index in [-0.39, 0.29) is 0 Å². The Morgan fingerprint density at radius 2 is 0.831 bits per heavy atom. The van der Waals surface area contributed by atoms with E-state index in [4.69, 9.17) is 9.97 Å². The molecule has 0 spiro atoms. The fourth-order valence-corrected chi connectivity index (χ4v) is 10.9. The van der Waals surface area contributed by atoms with E-state index in [0.717, 1.165) is 33.9 Å². The van der Waals surface area contributed by atoms with Gasteiger partial charge in [-0.1, -0.05) is 164 Å². The molecule has 0 fully saturated rings. The second-order valence-corrected chi connectivity index (χ2v) is 16.7. The molecule has 0 aliphatic heterocycles. The van der Waals surface area contributed by atoms with Crippen molar-refractivity contribution in [1.82, 2.24) is 9.97 Å². The van der Waals surface area contributed by atoms with Crippen molar-refractivity contribution in [2.75, 3.05) is 0 Å². The van der Waals surface area contributed by atoms with E-state index in [2.05, 4.69) is 188 Å². The minimum absolute atomic E-state index is 0.719. The molecule has 13 aromatic rings. The van der Waals surface area contributed by atoms with Gasteiger partial charge in [-0.3, -0.25) is 0 Å². The summed E-state index contributed by atoms with van der Waals surface area (Å²) in [6.07, 6.45) is 0. The Balaban J connectivity index is 1.02. The van der Waals surface area contributed by atoms with E-state index in [1.807, 2.05) is 17.4 Å². The third-order valence-corrected chi connectivity index (χ3v) is 13.5. The lowest BCUT2D eigenvalue weighted by atomic mass is 9.86. The standard InChI is InChI=1S/C56H32N2S/c1-2-10-38(11-3-1)56-57-47(32-48(58-56)44-19-9-21-50-55(44)45-15-4-5-20-49(45)59-50)34-24-22-33(23-25-34)40-30-39-29-28-37-13-7-17-42-41-16-6-12-35-26-27-36-14-8-18-43(53(36)51(35)41)46(31-40)54(39)52(37)42/h1-32H. The summed E-state index contributed by atoms with van der Waals surface area (Å²) in [5.41, 5.74) is 7.35. The molecule has 0 saturated carbocycles. The molecule has 0 amide bonds. The van der Waals surface area contributed by atoms with Gasteiger partial charge in [0, 0.05) is 36.9 Å². The summed E-state index contributed by atoms with van der Waals surface area (Å²) in [6, 6.07) is 71.0. The van der Waals surface area contributed by atoms with E-state index < -0.39 is 0 Å². The number of rotatable bonds is 4. The van der Waals surface area contributed by atoms with Crippen LogP contribution in [0, 0.1) is 0 Å². The molecule has 272 valence electrons. The van der Waals surface area contributed by atoms with E-state index in [1.165, 1.54) is 95.9 Å². The van der Waals surface area contributed by atoms with Gasteiger partial charge in [0.2, 0.25) is 0 Å². The number of hydrogen-bond donors (Lipinski definition) is 0. The summed E-state index contributed by atoms with van der Waals surface area (Å²) in [7, 11) is 0. The Labute approximate surface area is 343 Å². The molecule has 0 radical (unpaired) electrons. The first kappa shape index (κ1) is 32.6. The van der Waals surface area contributed by atoms with Crippen molar-refractivity contribution >= 4 is 96.1 Å². The van der Waals surface area contributed by atoms with Crippen molar-refractivity contribution in [2.24, 2.45) is 0 Å². The second kappa shape index (κ2) is 12.5. The van der Waals surface area contributed by atoms with Crippen molar-refractivity contribution in [3.05, 3.63) is 194 Å². The molecule has 59 heavy (non-hydrogen) atoms. The van der Waals surface area contributed by atoms with Gasteiger partial charge in [-0.15, -0.1) is 11.3 Å². The van der Waals surface area contributed by atoms with Crippen LogP contribution in [-0.2, 0) is 0 Å². The van der Waals surface area contributed by atoms with Crippen LogP contribution in [0.3, 0.4) is 0 Å². The number of thiophene rings is 1. The molecule has 3 heteroatoms. The van der Waals surface area contributed by atoms with E-state index in [1.54, 1.807) is 0 Å². The molecule has 13 rings (SSSR count). The van der Waals surface area contributed by atoms with Crippen LogP contribution in [-0.4, -0.2) is 9.97 Å². The number of aromatic nitrogens is 2. The maximum Gasteiger partial charge on any atom is 0.160 e. The van der Waals surface area contributed by atoms with Crippen LogP contribution in [0.1, 0.15) is 0 Å². The van der Waals surface area contributed by atoms with E-state index in [0.29, 0.717) is 0 Å². The topological polar surface area (TPSA) is 25.8 Å². The summed E-state index contributed by atoms with van der Waals surface area (Å²) in [4.78, 5) is 10.4. The predicted octanol–water partition coefficient (Wildman–Crippen LogP) is 15.9. The van der Waals surface area contributed by atoms with Gasteiger partial charge < -0.3 is 0 Å². The van der Waals surface area contributed by atoms with Crippen LogP contribution in [0.4, 0.5) is 0 Å². The molecule has 0 aliphatic rings. The molecular formula is C56H32N2S. The average Bonchev–Trinajstić information content (AvgIpc) is 3.69. The zero-order valence-corrected chi connectivity index (χ0v) is 32.6. The highest BCUT2D eigenvalue weighted by Crippen LogP contribution is 2.45. The molecule has 2 heterocycles. The quantitative estimate of drug-likeness (QED) is 0.167. The number of hydrogen-bond acceptors (Lipinski definition) is 3. The summed E-state index contributed by atoms with van der Waals surface area (Å²) < 4.78 is 2.54. The van der Waals surface area contributed by atoms with Gasteiger partial charge in [0.05, 0.1) is 11.4 Å². The van der Waals surface area contributed by atoms with Gasteiger partial charge in [-0.05, 0) is 106 Å². The lowest BCUT2D eigenvalue weighted by molar-refractivity contribution is 1.19. The third-order valence-electron chi connectivity index (χ3n) is 12.4. The number of nitrogens with zero attached hydrogens (tertiary/aromatic N) is 2. The SMILES string of the molecule is c1ccc(-c2nc(-c3ccc(-c4cc5ccc6cccc7c8cccc9ccc%10cccc(c(c4)c5c67)c%10c98)cc3)cc(-c3cccc4sc5ccccc5c34)n2)cc1. The van der Waals surface area contributed by atoms with Gasteiger partial charge in [-0.2, -0.15) is 0 Å². The first-order chi connectivity index (χ1) is 29.2. The summed E-state index contributed by atoms with van der Waals surface area (Å²) in [5, 5.41) is 18.0. The Morgan fingerprint density at radius 1 is 0.288 bits per heavy atom. The van der Waals surface area contributed by atoms with Gasteiger partial charge >= 0.3 is 0 Å². The molecule has 0 bridgehead atoms. The highest BCUT2D eigenvalue weighted by molar-refractivity contribution is 7.25. The number of benzene rings is 10. The molecular weight excluding hydrogens is 733 g/mol. The lowest BCUT2D eigenvalue weighted by Crippen LogP contribution is -1.96. The highest BCUT2D eigenvalue weighted by atomic mass is 32.1. The van der Waals surface area contributed by atoms with Crippen molar-refractivity contribution in [1.29, 1.82) is 0 Å². The molecule has 2 nitrogen and oxygen atoms in total.